The number of aromatic hydroxyl groups is 1. The normalized spacial score (nSPS) is 12.4. The minimum Gasteiger partial charge on any atom is -0.501 e. The van der Waals surface area contributed by atoms with Gasteiger partial charge in [-0.15, -0.1) is 0 Å². The number of carbonyl (C=O) groups is 1. The van der Waals surface area contributed by atoms with E-state index in [0.717, 1.165) is 5.56 Å². The van der Waals surface area contributed by atoms with Crippen molar-refractivity contribution >= 4 is 17.4 Å². The molecule has 0 bridgehead atoms. The van der Waals surface area contributed by atoms with Crippen LogP contribution >= 0.6 is 0 Å². The number of rotatable bonds is 4. The van der Waals surface area contributed by atoms with Gasteiger partial charge in [-0.1, -0.05) is 12.1 Å². The Kier molecular flexibility index (Phi) is 4.44. The average molecular weight is 376 g/mol. The number of nitrogens with one attached hydrogen (secondary N) is 1. The molecule has 2 N–H and O–H groups in total. The summed E-state index contributed by atoms with van der Waals surface area (Å²) in [6.45, 7) is 2.02. The fourth-order valence-corrected chi connectivity index (χ4v) is 2.95. The summed E-state index contributed by atoms with van der Waals surface area (Å²) in [6.07, 6.45) is 1.96. The maximum Gasteiger partial charge on any atom is 0.338 e. The second kappa shape index (κ2) is 7.07. The third-order valence-electron chi connectivity index (χ3n) is 4.29. The Hall–Kier alpha value is -3.81. The maximum atomic E-state index is 12.2. The summed E-state index contributed by atoms with van der Waals surface area (Å²) in [5, 5.41) is 10.2. The molecule has 1 aliphatic heterocycles. The van der Waals surface area contributed by atoms with Crippen LogP contribution < -0.4 is 5.56 Å². The van der Waals surface area contributed by atoms with Crippen LogP contribution in [0.5, 0.6) is 5.75 Å². The van der Waals surface area contributed by atoms with Gasteiger partial charge in [0.05, 0.1) is 23.6 Å². The molecule has 2 aromatic heterocycles. The van der Waals surface area contributed by atoms with Crippen LogP contribution in [-0.4, -0.2) is 38.3 Å². The van der Waals surface area contributed by atoms with Crippen molar-refractivity contribution in [2.24, 2.45) is 4.99 Å². The molecular formula is C20H16N4O4. The lowest BCUT2D eigenvalue weighted by molar-refractivity contribution is 0.0526. The van der Waals surface area contributed by atoms with E-state index in [2.05, 4.69) is 19.9 Å². The number of benzene rings is 1. The summed E-state index contributed by atoms with van der Waals surface area (Å²) in [5.41, 5.74) is 2.18. The number of hydrogen-bond donors (Lipinski definition) is 2. The highest BCUT2D eigenvalue weighted by Crippen LogP contribution is 2.31. The second-order valence-electron chi connectivity index (χ2n) is 6.13. The molecule has 3 aromatic rings. The molecule has 8 heteroatoms. The van der Waals surface area contributed by atoms with E-state index in [9.17, 15) is 14.7 Å². The van der Waals surface area contributed by atoms with E-state index in [-0.39, 0.29) is 18.1 Å². The van der Waals surface area contributed by atoms with Crippen LogP contribution in [0.4, 0.5) is 5.69 Å². The maximum absolute atomic E-state index is 12.2. The van der Waals surface area contributed by atoms with Crippen molar-refractivity contribution in [3.05, 3.63) is 69.8 Å². The molecular weight excluding hydrogens is 360 g/mol. The Bertz CT molecular complexity index is 1150. The molecule has 0 fully saturated rings. The molecule has 0 atom stereocenters. The van der Waals surface area contributed by atoms with Crippen LogP contribution in [-0.2, 0) is 11.2 Å². The van der Waals surface area contributed by atoms with Gasteiger partial charge in [0.1, 0.15) is 11.4 Å². The monoisotopic (exact) mass is 376 g/mol. The molecule has 140 valence electrons. The van der Waals surface area contributed by atoms with E-state index in [4.69, 9.17) is 4.74 Å². The van der Waals surface area contributed by atoms with Crippen LogP contribution in [0.2, 0.25) is 0 Å². The number of ether oxygens (including phenoxy) is 1. The van der Waals surface area contributed by atoms with Crippen molar-refractivity contribution in [1.29, 1.82) is 0 Å². The van der Waals surface area contributed by atoms with Gasteiger partial charge in [0, 0.05) is 12.6 Å². The highest BCUT2D eigenvalue weighted by atomic mass is 16.5. The smallest absolute Gasteiger partial charge is 0.338 e. The second-order valence-corrected chi connectivity index (χ2v) is 6.13. The van der Waals surface area contributed by atoms with Crippen molar-refractivity contribution in [2.45, 2.75) is 13.3 Å². The number of pyridine rings is 1. The first-order valence-corrected chi connectivity index (χ1v) is 8.69. The first kappa shape index (κ1) is 17.6. The molecule has 3 heterocycles. The van der Waals surface area contributed by atoms with Crippen molar-refractivity contribution in [1.82, 2.24) is 15.0 Å². The summed E-state index contributed by atoms with van der Waals surface area (Å²) in [6, 6.07) is 10.3. The van der Waals surface area contributed by atoms with Gasteiger partial charge in [-0.2, -0.15) is 0 Å². The van der Waals surface area contributed by atoms with Crippen molar-refractivity contribution in [3.63, 3.8) is 0 Å². The van der Waals surface area contributed by atoms with Gasteiger partial charge < -0.3 is 14.8 Å². The first-order valence-electron chi connectivity index (χ1n) is 8.69. The quantitative estimate of drug-likeness (QED) is 0.675. The van der Waals surface area contributed by atoms with Gasteiger partial charge in [0.2, 0.25) is 5.75 Å². The summed E-state index contributed by atoms with van der Waals surface area (Å²) >= 11 is 0. The lowest BCUT2D eigenvalue weighted by atomic mass is 10.1. The summed E-state index contributed by atoms with van der Waals surface area (Å²) in [7, 11) is 0. The molecule has 0 amide bonds. The summed E-state index contributed by atoms with van der Waals surface area (Å²) in [4.78, 5) is 39.6. The predicted octanol–water partition coefficient (Wildman–Crippen LogP) is 2.39. The van der Waals surface area contributed by atoms with E-state index in [1.165, 1.54) is 0 Å². The molecule has 0 unspecified atom stereocenters. The van der Waals surface area contributed by atoms with E-state index in [1.54, 1.807) is 49.5 Å². The lowest BCUT2D eigenvalue weighted by Crippen LogP contribution is -2.16. The van der Waals surface area contributed by atoms with Gasteiger partial charge in [0.15, 0.2) is 5.82 Å². The number of fused-ring (bicyclic) bond motifs is 1. The van der Waals surface area contributed by atoms with Crippen molar-refractivity contribution in [2.75, 3.05) is 6.61 Å². The van der Waals surface area contributed by atoms with Crippen LogP contribution in [0, 0.1) is 0 Å². The standard InChI is InChI=1S/C20H16N4O4/c1-2-28-20(27)12-7-6-11-9-15(22-14(11)10-12)16-17(25)19(26)24-18(23-16)13-5-3-4-8-21-13/h3-8,10,25H,2,9H2,1H3,(H,23,24,26). The molecule has 28 heavy (non-hydrogen) atoms. The van der Waals surface area contributed by atoms with Gasteiger partial charge in [-0.05, 0) is 36.8 Å². The van der Waals surface area contributed by atoms with Gasteiger partial charge >= 0.3 is 5.97 Å². The largest absolute Gasteiger partial charge is 0.501 e. The topological polar surface area (TPSA) is 118 Å². The van der Waals surface area contributed by atoms with Crippen LogP contribution in [0.1, 0.15) is 28.5 Å². The molecule has 0 saturated carbocycles. The van der Waals surface area contributed by atoms with Gasteiger partial charge in [0.25, 0.3) is 5.56 Å². The highest BCUT2D eigenvalue weighted by molar-refractivity contribution is 6.07. The Balaban J connectivity index is 1.75. The molecule has 1 aliphatic rings. The van der Waals surface area contributed by atoms with Gasteiger partial charge in [-0.3, -0.25) is 14.8 Å². The van der Waals surface area contributed by atoms with E-state index in [1.807, 2.05) is 0 Å². The molecule has 4 rings (SSSR count). The van der Waals surface area contributed by atoms with E-state index < -0.39 is 17.3 Å². The fourth-order valence-electron chi connectivity index (χ4n) is 2.95. The SMILES string of the molecule is CCOC(=O)c1ccc2c(c1)N=C(c1nc(-c3ccccn3)[nH]c(=O)c1O)C2. The molecule has 0 aliphatic carbocycles. The van der Waals surface area contributed by atoms with Crippen LogP contribution in [0.3, 0.4) is 0 Å². The van der Waals surface area contributed by atoms with Crippen molar-refractivity contribution < 1.29 is 14.6 Å². The zero-order valence-electron chi connectivity index (χ0n) is 15.0. The number of H-pyrrole nitrogens is 1. The number of aromatic amines is 1. The minimum atomic E-state index is -0.670. The molecule has 0 radical (unpaired) electrons. The zero-order chi connectivity index (χ0) is 19.7. The highest BCUT2D eigenvalue weighted by Gasteiger charge is 2.23. The third-order valence-corrected chi connectivity index (χ3v) is 4.29. The zero-order valence-corrected chi connectivity index (χ0v) is 15.0. The van der Waals surface area contributed by atoms with E-state index in [0.29, 0.717) is 29.1 Å². The van der Waals surface area contributed by atoms with E-state index >= 15 is 0 Å². The van der Waals surface area contributed by atoms with Crippen LogP contribution in [0.25, 0.3) is 11.5 Å². The lowest BCUT2D eigenvalue weighted by Gasteiger charge is -2.06. The molecule has 0 saturated heterocycles. The third kappa shape index (κ3) is 3.16. The Morgan fingerprint density at radius 2 is 2.14 bits per heavy atom. The number of nitrogens with zero attached hydrogens (tertiary/aromatic N) is 3. The van der Waals surface area contributed by atoms with Crippen molar-refractivity contribution in [3.8, 4) is 17.3 Å². The number of aliphatic imine (C=N–C) groups is 1. The van der Waals surface area contributed by atoms with Crippen LogP contribution in [0.15, 0.2) is 52.4 Å². The predicted molar refractivity (Wildman–Crippen MR) is 102 cm³/mol. The number of esters is 1. The van der Waals surface area contributed by atoms with Gasteiger partial charge in [-0.25, -0.2) is 9.78 Å². The Labute approximate surface area is 159 Å². The Morgan fingerprint density at radius 3 is 2.89 bits per heavy atom. The number of aromatic nitrogens is 3. The number of hydrogen-bond acceptors (Lipinski definition) is 7. The Morgan fingerprint density at radius 1 is 1.29 bits per heavy atom. The molecule has 1 aromatic carbocycles. The number of carbonyl (C=O) groups excluding carboxylic acids is 1. The average Bonchev–Trinajstić information content (AvgIpc) is 3.13. The molecule has 8 nitrogen and oxygen atoms in total. The summed E-state index contributed by atoms with van der Waals surface area (Å²) < 4.78 is 5.01. The summed E-state index contributed by atoms with van der Waals surface area (Å²) in [5.74, 6) is -0.690. The molecule has 0 spiro atoms. The first-order chi connectivity index (χ1) is 13.6. The minimum absolute atomic E-state index is 0.0956. The fraction of sp³-hybridized carbons (Fsp3) is 0.150.